The van der Waals surface area contributed by atoms with E-state index < -0.39 is 5.97 Å². The fourth-order valence-corrected chi connectivity index (χ4v) is 2.71. The molecule has 0 saturated carbocycles. The van der Waals surface area contributed by atoms with Gasteiger partial charge >= 0.3 is 5.97 Å². The van der Waals surface area contributed by atoms with E-state index in [1.807, 2.05) is 13.8 Å². The largest absolute Gasteiger partial charge is 0.476 e. The van der Waals surface area contributed by atoms with Gasteiger partial charge in [-0.2, -0.15) is 0 Å². The lowest BCUT2D eigenvalue weighted by Gasteiger charge is -1.97. The van der Waals surface area contributed by atoms with Gasteiger partial charge in [0.25, 0.3) is 0 Å². The topological polar surface area (TPSA) is 75.1 Å². The lowest BCUT2D eigenvalue weighted by Crippen LogP contribution is -2.01. The zero-order valence-electron chi connectivity index (χ0n) is 9.35. The van der Waals surface area contributed by atoms with Crippen molar-refractivity contribution in [1.82, 2.24) is 9.97 Å². The van der Waals surface area contributed by atoms with Crippen molar-refractivity contribution in [3.8, 4) is 0 Å². The number of thiazole rings is 2. The summed E-state index contributed by atoms with van der Waals surface area (Å²) in [5.41, 5.74) is 1.11. The van der Waals surface area contributed by atoms with E-state index in [9.17, 15) is 4.79 Å². The number of aromatic carboxylic acids is 1. The number of hydrogen-bond donors (Lipinski definition) is 2. The second-order valence-electron chi connectivity index (χ2n) is 3.45. The number of hydrogen-bond acceptors (Lipinski definition) is 6. The molecule has 2 N–H and O–H groups in total. The highest BCUT2D eigenvalue weighted by Crippen LogP contribution is 2.22. The molecule has 2 aromatic heterocycles. The number of aromatic nitrogens is 2. The first-order valence-corrected chi connectivity index (χ1v) is 6.61. The Kier molecular flexibility index (Phi) is 3.39. The maximum absolute atomic E-state index is 10.6. The number of rotatable bonds is 4. The maximum atomic E-state index is 10.6. The minimum Gasteiger partial charge on any atom is -0.476 e. The summed E-state index contributed by atoms with van der Waals surface area (Å²) < 4.78 is 0. The minimum atomic E-state index is -0.992. The predicted octanol–water partition coefficient (Wildman–Crippen LogP) is 2.53. The highest BCUT2D eigenvalue weighted by molar-refractivity contribution is 7.15. The van der Waals surface area contributed by atoms with E-state index in [4.69, 9.17) is 5.11 Å². The van der Waals surface area contributed by atoms with Crippen molar-refractivity contribution in [2.45, 2.75) is 20.4 Å². The van der Waals surface area contributed by atoms with Gasteiger partial charge in [0, 0.05) is 10.3 Å². The molecule has 0 saturated heterocycles. The molecule has 7 heteroatoms. The van der Waals surface area contributed by atoms with Gasteiger partial charge in [0.2, 0.25) is 0 Å². The van der Waals surface area contributed by atoms with Gasteiger partial charge in [0.1, 0.15) is 5.01 Å². The first-order chi connectivity index (χ1) is 8.06. The van der Waals surface area contributed by atoms with Gasteiger partial charge in [-0.15, -0.1) is 22.7 Å². The summed E-state index contributed by atoms with van der Waals surface area (Å²) in [6.07, 6.45) is 0. The van der Waals surface area contributed by atoms with E-state index in [1.54, 1.807) is 11.3 Å². The summed E-state index contributed by atoms with van der Waals surface area (Å²) in [6.45, 7) is 4.48. The number of aryl methyl sites for hydroxylation is 2. The summed E-state index contributed by atoms with van der Waals surface area (Å²) in [5, 5.41) is 15.0. The van der Waals surface area contributed by atoms with Crippen molar-refractivity contribution in [3.63, 3.8) is 0 Å². The van der Waals surface area contributed by atoms with Crippen LogP contribution in [0.2, 0.25) is 0 Å². The Balaban J connectivity index is 1.99. The first kappa shape index (κ1) is 12.0. The van der Waals surface area contributed by atoms with Crippen molar-refractivity contribution < 1.29 is 9.90 Å². The molecular formula is C10H11N3O2S2. The van der Waals surface area contributed by atoms with Crippen LogP contribution in [0.15, 0.2) is 5.38 Å². The van der Waals surface area contributed by atoms with E-state index in [-0.39, 0.29) is 5.69 Å². The molecule has 2 rings (SSSR count). The molecule has 90 valence electrons. The molecule has 0 bridgehead atoms. The van der Waals surface area contributed by atoms with Crippen LogP contribution in [0, 0.1) is 13.8 Å². The monoisotopic (exact) mass is 269 g/mol. The number of carboxylic acid groups (broad SMARTS) is 1. The van der Waals surface area contributed by atoms with Crippen LogP contribution in [0.1, 0.15) is 26.1 Å². The van der Waals surface area contributed by atoms with E-state index >= 15 is 0 Å². The molecule has 0 aliphatic carbocycles. The summed E-state index contributed by atoms with van der Waals surface area (Å²) >= 11 is 2.92. The van der Waals surface area contributed by atoms with Gasteiger partial charge in [0.15, 0.2) is 10.8 Å². The second-order valence-corrected chi connectivity index (χ2v) is 5.59. The molecule has 0 aliphatic heterocycles. The van der Waals surface area contributed by atoms with Crippen LogP contribution < -0.4 is 5.32 Å². The van der Waals surface area contributed by atoms with E-state index in [1.165, 1.54) is 21.6 Å². The molecule has 0 atom stereocenters. The zero-order chi connectivity index (χ0) is 12.4. The average molecular weight is 269 g/mol. The third-order valence-corrected chi connectivity index (χ3v) is 4.07. The Morgan fingerprint density at radius 1 is 1.47 bits per heavy atom. The van der Waals surface area contributed by atoms with Crippen LogP contribution in [-0.2, 0) is 6.54 Å². The number of carbonyl (C=O) groups is 1. The fourth-order valence-electron chi connectivity index (χ4n) is 1.19. The normalized spacial score (nSPS) is 10.5. The lowest BCUT2D eigenvalue weighted by atomic mass is 10.4. The molecule has 5 nitrogen and oxygen atoms in total. The van der Waals surface area contributed by atoms with Gasteiger partial charge in [-0.25, -0.2) is 14.8 Å². The Bertz CT molecular complexity index is 528. The summed E-state index contributed by atoms with van der Waals surface area (Å²) in [4.78, 5) is 20.2. The number of nitrogens with zero attached hydrogens (tertiary/aromatic N) is 2. The molecule has 0 aliphatic rings. The van der Waals surface area contributed by atoms with Crippen molar-refractivity contribution in [1.29, 1.82) is 0 Å². The van der Waals surface area contributed by atoms with Crippen LogP contribution in [0.25, 0.3) is 0 Å². The molecule has 0 radical (unpaired) electrons. The number of nitrogens with one attached hydrogen (secondary N) is 1. The molecule has 0 spiro atoms. The van der Waals surface area contributed by atoms with Crippen LogP contribution in [0.4, 0.5) is 5.13 Å². The molecule has 0 fully saturated rings. The van der Waals surface area contributed by atoms with Crippen LogP contribution in [0.5, 0.6) is 0 Å². The van der Waals surface area contributed by atoms with Gasteiger partial charge in [0.05, 0.1) is 12.2 Å². The highest BCUT2D eigenvalue weighted by Gasteiger charge is 2.09. The maximum Gasteiger partial charge on any atom is 0.355 e. The predicted molar refractivity (Wildman–Crippen MR) is 68.0 cm³/mol. The molecule has 17 heavy (non-hydrogen) atoms. The van der Waals surface area contributed by atoms with Crippen LogP contribution in [-0.4, -0.2) is 21.0 Å². The molecular weight excluding hydrogens is 258 g/mol. The first-order valence-electron chi connectivity index (χ1n) is 4.92. The Morgan fingerprint density at radius 2 is 2.24 bits per heavy atom. The lowest BCUT2D eigenvalue weighted by molar-refractivity contribution is 0.0691. The van der Waals surface area contributed by atoms with E-state index in [0.29, 0.717) is 6.54 Å². The van der Waals surface area contributed by atoms with Crippen LogP contribution in [0.3, 0.4) is 0 Å². The molecule has 2 heterocycles. The van der Waals surface area contributed by atoms with Crippen LogP contribution >= 0.6 is 22.7 Å². The Hall–Kier alpha value is -1.47. The average Bonchev–Trinajstić information content (AvgIpc) is 2.84. The van der Waals surface area contributed by atoms with Crippen molar-refractivity contribution in [2.24, 2.45) is 0 Å². The standard InChI is InChI=1S/C10H11N3O2S2/c1-5-6(2)17-10(12-5)11-3-8-13-7(4-16-8)9(14)15/h4H,3H2,1-2H3,(H,11,12)(H,14,15). The zero-order valence-corrected chi connectivity index (χ0v) is 11.0. The minimum absolute atomic E-state index is 0.0956. The van der Waals surface area contributed by atoms with E-state index in [2.05, 4.69) is 15.3 Å². The van der Waals surface area contributed by atoms with Gasteiger partial charge < -0.3 is 10.4 Å². The molecule has 0 aromatic carbocycles. The smallest absolute Gasteiger partial charge is 0.355 e. The fraction of sp³-hybridized carbons (Fsp3) is 0.300. The third-order valence-electron chi connectivity index (χ3n) is 2.19. The van der Waals surface area contributed by atoms with Crippen molar-refractivity contribution in [3.05, 3.63) is 26.7 Å². The second kappa shape index (κ2) is 4.80. The van der Waals surface area contributed by atoms with Gasteiger partial charge in [-0.3, -0.25) is 0 Å². The highest BCUT2D eigenvalue weighted by atomic mass is 32.1. The van der Waals surface area contributed by atoms with Gasteiger partial charge in [-0.05, 0) is 13.8 Å². The third kappa shape index (κ3) is 2.80. The van der Waals surface area contributed by atoms with Gasteiger partial charge in [-0.1, -0.05) is 0 Å². The summed E-state index contributed by atoms with van der Waals surface area (Å²) in [7, 11) is 0. The molecule has 0 unspecified atom stereocenters. The van der Waals surface area contributed by atoms with Crippen molar-refractivity contribution in [2.75, 3.05) is 5.32 Å². The molecule has 2 aromatic rings. The summed E-state index contributed by atoms with van der Waals surface area (Å²) in [6, 6.07) is 0. The number of carboxylic acids is 1. The van der Waals surface area contributed by atoms with Crippen molar-refractivity contribution >= 4 is 33.8 Å². The Labute approximate surface area is 106 Å². The Morgan fingerprint density at radius 3 is 2.76 bits per heavy atom. The number of anilines is 1. The summed E-state index contributed by atoms with van der Waals surface area (Å²) in [5.74, 6) is -0.992. The van der Waals surface area contributed by atoms with E-state index in [0.717, 1.165) is 15.8 Å². The quantitative estimate of drug-likeness (QED) is 0.892. The SMILES string of the molecule is Cc1nc(NCc2nc(C(=O)O)cs2)sc1C. The molecule has 0 amide bonds.